The smallest absolute Gasteiger partial charge is 0.227 e. The van der Waals surface area contributed by atoms with Crippen molar-refractivity contribution in [1.82, 2.24) is 15.3 Å². The van der Waals surface area contributed by atoms with Crippen molar-refractivity contribution in [3.8, 4) is 0 Å². The number of carbonyl (C=O) groups excluding carboxylic acids is 2. The van der Waals surface area contributed by atoms with Crippen LogP contribution < -0.4 is 10.2 Å². The van der Waals surface area contributed by atoms with E-state index in [1.54, 1.807) is 27.6 Å². The molecule has 2 aromatic carbocycles. The van der Waals surface area contributed by atoms with Crippen LogP contribution in [0.1, 0.15) is 27.7 Å². The second-order valence-electron chi connectivity index (χ2n) is 7.90. The number of hydrogen-bond acceptors (Lipinski definition) is 6. The lowest BCUT2D eigenvalue weighted by atomic mass is 10.1. The van der Waals surface area contributed by atoms with E-state index in [0.717, 1.165) is 38.0 Å². The van der Waals surface area contributed by atoms with E-state index in [-0.39, 0.29) is 24.2 Å². The van der Waals surface area contributed by atoms with Gasteiger partial charge < -0.3 is 10.2 Å². The summed E-state index contributed by atoms with van der Waals surface area (Å²) in [7, 11) is 0. The van der Waals surface area contributed by atoms with Crippen molar-refractivity contribution < 1.29 is 9.59 Å². The Balaban J connectivity index is 1.19. The summed E-state index contributed by atoms with van der Waals surface area (Å²) in [6.45, 7) is 2.73. The molecule has 1 aliphatic rings. The van der Waals surface area contributed by atoms with Crippen molar-refractivity contribution in [3.63, 3.8) is 0 Å². The predicted octanol–water partition coefficient (Wildman–Crippen LogP) is 4.32. The van der Waals surface area contributed by atoms with E-state index >= 15 is 0 Å². The molecule has 4 aromatic rings. The van der Waals surface area contributed by atoms with E-state index < -0.39 is 0 Å². The van der Waals surface area contributed by atoms with Crippen molar-refractivity contribution in [2.45, 2.75) is 26.3 Å². The first-order valence-corrected chi connectivity index (χ1v) is 12.2. The Bertz CT molecular complexity index is 1280. The van der Waals surface area contributed by atoms with Crippen LogP contribution in [0.25, 0.3) is 10.2 Å². The number of hydrogen-bond donors (Lipinski definition) is 1. The highest BCUT2D eigenvalue weighted by atomic mass is 32.1. The van der Waals surface area contributed by atoms with Crippen LogP contribution in [0, 0.1) is 12.8 Å². The van der Waals surface area contributed by atoms with Gasteiger partial charge in [-0.2, -0.15) is 0 Å². The quantitative estimate of drug-likeness (QED) is 0.463. The van der Waals surface area contributed by atoms with E-state index in [0.29, 0.717) is 13.1 Å². The topological polar surface area (TPSA) is 75.2 Å². The lowest BCUT2D eigenvalue weighted by Crippen LogP contribution is -2.32. The first-order chi connectivity index (χ1) is 15.5. The van der Waals surface area contributed by atoms with E-state index in [4.69, 9.17) is 0 Å². The molecule has 0 aliphatic carbocycles. The Morgan fingerprint density at radius 2 is 2.03 bits per heavy atom. The molecule has 6 nitrogen and oxygen atoms in total. The first-order valence-electron chi connectivity index (χ1n) is 10.5. The molecular formula is C24H22N4O2S2. The van der Waals surface area contributed by atoms with E-state index in [1.807, 2.05) is 48.7 Å². The van der Waals surface area contributed by atoms with Gasteiger partial charge in [-0.25, -0.2) is 9.97 Å². The average molecular weight is 463 g/mol. The molecule has 1 fully saturated rings. The Labute approximate surface area is 193 Å². The summed E-state index contributed by atoms with van der Waals surface area (Å²) >= 11 is 3.23. The van der Waals surface area contributed by atoms with Crippen LogP contribution in [-0.4, -0.2) is 28.3 Å². The highest BCUT2D eigenvalue weighted by Gasteiger charge is 2.35. The minimum Gasteiger partial charge on any atom is -0.350 e. The third-order valence-electron chi connectivity index (χ3n) is 5.53. The molecule has 162 valence electrons. The normalized spacial score (nSPS) is 16.1. The average Bonchev–Trinajstić information content (AvgIpc) is 3.50. The molecule has 8 heteroatoms. The Morgan fingerprint density at radius 1 is 1.19 bits per heavy atom. The number of benzene rings is 2. The zero-order valence-corrected chi connectivity index (χ0v) is 19.2. The molecule has 0 saturated carbocycles. The van der Waals surface area contributed by atoms with Crippen molar-refractivity contribution >= 4 is 50.4 Å². The number of fused-ring (bicyclic) bond motifs is 1. The Morgan fingerprint density at radius 3 is 2.88 bits per heavy atom. The third-order valence-corrected chi connectivity index (χ3v) is 7.38. The second-order valence-corrected chi connectivity index (χ2v) is 10.1. The molecule has 32 heavy (non-hydrogen) atoms. The van der Waals surface area contributed by atoms with Crippen molar-refractivity contribution in [2.24, 2.45) is 5.92 Å². The van der Waals surface area contributed by atoms with Crippen molar-refractivity contribution in [1.29, 1.82) is 0 Å². The number of nitrogens with zero attached hydrogens (tertiary/aromatic N) is 3. The fourth-order valence-corrected chi connectivity index (χ4v) is 5.57. The van der Waals surface area contributed by atoms with Gasteiger partial charge in [0.15, 0.2) is 0 Å². The van der Waals surface area contributed by atoms with Gasteiger partial charge in [-0.15, -0.1) is 22.7 Å². The maximum absolute atomic E-state index is 12.7. The summed E-state index contributed by atoms with van der Waals surface area (Å²) in [4.78, 5) is 36.2. The molecule has 5 rings (SSSR count). The van der Waals surface area contributed by atoms with E-state index in [1.165, 1.54) is 5.56 Å². The van der Waals surface area contributed by atoms with E-state index in [2.05, 4.69) is 27.4 Å². The molecule has 0 spiro atoms. The van der Waals surface area contributed by atoms with E-state index in [9.17, 15) is 9.59 Å². The molecule has 2 aromatic heterocycles. The van der Waals surface area contributed by atoms with Crippen LogP contribution in [-0.2, 0) is 22.6 Å². The monoisotopic (exact) mass is 462 g/mol. The largest absolute Gasteiger partial charge is 0.350 e. The number of amides is 2. The fourth-order valence-electron chi connectivity index (χ4n) is 3.94. The summed E-state index contributed by atoms with van der Waals surface area (Å²) in [5.74, 6) is -0.503. The third kappa shape index (κ3) is 4.42. The minimum absolute atomic E-state index is 0.0322. The van der Waals surface area contributed by atoms with Gasteiger partial charge in [-0.05, 0) is 30.7 Å². The molecule has 0 radical (unpaired) electrons. The molecule has 2 amide bonds. The van der Waals surface area contributed by atoms with Crippen LogP contribution in [0.2, 0.25) is 0 Å². The molecule has 1 N–H and O–H groups in total. The van der Waals surface area contributed by atoms with Gasteiger partial charge >= 0.3 is 0 Å². The number of thiazole rings is 2. The van der Waals surface area contributed by atoms with Gasteiger partial charge in [0, 0.05) is 30.5 Å². The Hall–Kier alpha value is -3.10. The number of carbonyl (C=O) groups is 2. The highest BCUT2D eigenvalue weighted by molar-refractivity contribution is 7.18. The van der Waals surface area contributed by atoms with Crippen LogP contribution in [0.3, 0.4) is 0 Å². The van der Waals surface area contributed by atoms with Crippen LogP contribution in [0.5, 0.6) is 0 Å². The second kappa shape index (κ2) is 8.80. The summed E-state index contributed by atoms with van der Waals surface area (Å²) < 4.78 is 1.10. The molecule has 1 atom stereocenters. The lowest BCUT2D eigenvalue weighted by Gasteiger charge is -2.16. The summed E-state index contributed by atoms with van der Waals surface area (Å²) in [6, 6.07) is 16.1. The highest BCUT2D eigenvalue weighted by Crippen LogP contribution is 2.30. The molecule has 1 saturated heterocycles. The van der Waals surface area contributed by atoms with Gasteiger partial charge in [0.2, 0.25) is 11.8 Å². The zero-order valence-electron chi connectivity index (χ0n) is 17.6. The first kappa shape index (κ1) is 20.8. The predicted molar refractivity (Wildman–Crippen MR) is 128 cm³/mol. The van der Waals surface area contributed by atoms with Gasteiger partial charge in [0.25, 0.3) is 0 Å². The Kier molecular flexibility index (Phi) is 5.71. The summed E-state index contributed by atoms with van der Waals surface area (Å²) in [5.41, 5.74) is 3.75. The maximum atomic E-state index is 12.7. The number of rotatable bonds is 6. The lowest BCUT2D eigenvalue weighted by molar-refractivity contribution is -0.126. The summed E-state index contributed by atoms with van der Waals surface area (Å²) in [5, 5.41) is 6.96. The number of nitrogens with one attached hydrogen (secondary N) is 1. The molecular weight excluding hydrogens is 440 g/mol. The standard InChI is InChI=1S/C24H22N4O2S2/c1-15-26-20-11-19(7-8-21(20)32-15)28-13-17(10-23(28)29)24(30)25-12-18-14-31-22(27-18)9-16-5-3-2-4-6-16/h2-8,11,14,17H,9-10,12-13H2,1H3,(H,25,30). The van der Waals surface area contributed by atoms with Gasteiger partial charge in [-0.3, -0.25) is 9.59 Å². The molecule has 0 bridgehead atoms. The van der Waals surface area contributed by atoms with Crippen LogP contribution in [0.15, 0.2) is 53.9 Å². The molecule has 3 heterocycles. The SMILES string of the molecule is Cc1nc2cc(N3CC(C(=O)NCc4csc(Cc5ccccc5)n4)CC3=O)ccc2s1. The van der Waals surface area contributed by atoms with Crippen LogP contribution in [0.4, 0.5) is 5.69 Å². The number of aromatic nitrogens is 2. The van der Waals surface area contributed by atoms with Crippen LogP contribution >= 0.6 is 22.7 Å². The number of aryl methyl sites for hydroxylation is 1. The van der Waals surface area contributed by atoms with Gasteiger partial charge in [0.1, 0.15) is 0 Å². The van der Waals surface area contributed by atoms with Crippen molar-refractivity contribution in [3.05, 3.63) is 75.2 Å². The minimum atomic E-state index is -0.363. The number of anilines is 1. The fraction of sp³-hybridized carbons (Fsp3) is 0.250. The van der Waals surface area contributed by atoms with Gasteiger partial charge in [0.05, 0.1) is 38.4 Å². The molecule has 1 unspecified atom stereocenters. The van der Waals surface area contributed by atoms with Crippen molar-refractivity contribution in [2.75, 3.05) is 11.4 Å². The van der Waals surface area contributed by atoms with Gasteiger partial charge in [-0.1, -0.05) is 30.3 Å². The molecule has 1 aliphatic heterocycles. The zero-order chi connectivity index (χ0) is 22.1. The summed E-state index contributed by atoms with van der Waals surface area (Å²) in [6.07, 6.45) is 1.00. The maximum Gasteiger partial charge on any atom is 0.227 e.